The molecule has 0 spiro atoms. The number of carboxylic acids is 2. The summed E-state index contributed by atoms with van der Waals surface area (Å²) in [7, 11) is 0. The Morgan fingerprint density at radius 1 is 0.636 bits per heavy atom. The number of hydrogen-bond acceptors (Lipinski definition) is 14. The number of carbonyl (C=O) groups excluding carboxylic acids is 10. The van der Waals surface area contributed by atoms with Crippen LogP contribution >= 0.6 is 0 Å². The molecule has 0 aromatic heterocycles. The topological polar surface area (TPSA) is 445 Å². The molecular formula is C40H59N11O15. The van der Waals surface area contributed by atoms with Gasteiger partial charge in [0, 0.05) is 25.8 Å². The number of amides is 10. The monoisotopic (exact) mass is 933 g/mol. The molecule has 0 bridgehead atoms. The average molecular weight is 934 g/mol. The standard InChI is InChI=1S/C40H59N11O15/c1-19(33(58)48-25(11-14-29(43)54)39(64)51-16-6-9-27(51)40(65)66)45-38(63)32(20(2)52)50-37(62)26(18-30(44)55)49-36(61)23(10-13-28(42)53)47-35(60)24(12-15-31(56)57)46-34(59)22(41)17-21-7-4-3-5-8-21/h3-5,7-8,19-20,22-27,32,52H,6,9-18,41H2,1-2H3,(H2,42,53)(H2,43,54)(H2,44,55)(H,45,63)(H,46,59)(H,47,60)(H,48,58)(H,49,61)(H,50,62)(H,56,57)(H,65,66)/t19-,20+,22-,23-,24-,25-,26-,27-,32-/m0/s1. The molecule has 1 aliphatic rings. The fraction of sp³-hybridized carbons (Fsp3) is 0.550. The molecule has 0 saturated carbocycles. The minimum Gasteiger partial charge on any atom is -0.481 e. The lowest BCUT2D eigenvalue weighted by molar-refractivity contribution is -0.149. The van der Waals surface area contributed by atoms with E-state index in [1.165, 1.54) is 0 Å². The number of likely N-dealkylation sites (tertiary alicyclic amines) is 1. The molecule has 1 aromatic rings. The number of hydrogen-bond donors (Lipinski definition) is 13. The summed E-state index contributed by atoms with van der Waals surface area (Å²) in [6.07, 6.45) is -4.96. The largest absolute Gasteiger partial charge is 0.481 e. The first-order valence-corrected chi connectivity index (χ1v) is 20.8. The van der Waals surface area contributed by atoms with Gasteiger partial charge in [0.2, 0.25) is 59.1 Å². The third kappa shape index (κ3) is 18.5. The van der Waals surface area contributed by atoms with Crippen LogP contribution in [0.5, 0.6) is 0 Å². The van der Waals surface area contributed by atoms with Crippen molar-refractivity contribution in [2.45, 2.75) is 132 Å². The third-order valence-corrected chi connectivity index (χ3v) is 10.2. The molecule has 1 saturated heterocycles. The molecule has 0 aliphatic carbocycles. The molecule has 1 heterocycles. The average Bonchev–Trinajstić information content (AvgIpc) is 3.74. The van der Waals surface area contributed by atoms with Gasteiger partial charge in [-0.3, -0.25) is 52.7 Å². The maximum Gasteiger partial charge on any atom is 0.326 e. The number of aliphatic hydroxyl groups is 1. The number of benzene rings is 1. The Morgan fingerprint density at radius 3 is 1.65 bits per heavy atom. The molecule has 0 radical (unpaired) electrons. The Kier molecular flexibility index (Phi) is 22.1. The number of aliphatic hydroxyl groups excluding tert-OH is 1. The van der Waals surface area contributed by atoms with Gasteiger partial charge in [0.1, 0.15) is 42.3 Å². The lowest BCUT2D eigenvalue weighted by Crippen LogP contribution is -2.62. The van der Waals surface area contributed by atoms with Gasteiger partial charge in [0.15, 0.2) is 0 Å². The van der Waals surface area contributed by atoms with Crippen LogP contribution in [-0.4, -0.2) is 152 Å². The van der Waals surface area contributed by atoms with E-state index in [9.17, 15) is 72.9 Å². The van der Waals surface area contributed by atoms with Crippen molar-refractivity contribution in [3.05, 3.63) is 35.9 Å². The fourth-order valence-electron chi connectivity index (χ4n) is 6.64. The highest BCUT2D eigenvalue weighted by Crippen LogP contribution is 2.20. The van der Waals surface area contributed by atoms with E-state index in [0.29, 0.717) is 12.0 Å². The lowest BCUT2D eigenvalue weighted by Gasteiger charge is -2.29. The van der Waals surface area contributed by atoms with E-state index in [-0.39, 0.29) is 32.2 Å². The normalized spacial score (nSPS) is 16.8. The van der Waals surface area contributed by atoms with Crippen LogP contribution in [0.1, 0.15) is 77.2 Å². The molecule has 1 fully saturated rings. The van der Waals surface area contributed by atoms with Gasteiger partial charge in [0.25, 0.3) is 0 Å². The minimum atomic E-state index is -1.92. The van der Waals surface area contributed by atoms with Crippen LogP contribution in [0.4, 0.5) is 0 Å². The van der Waals surface area contributed by atoms with E-state index in [1.807, 2.05) is 0 Å². The zero-order valence-corrected chi connectivity index (χ0v) is 36.4. The second-order valence-electron chi connectivity index (χ2n) is 15.6. The smallest absolute Gasteiger partial charge is 0.326 e. The Labute approximate surface area is 378 Å². The number of carbonyl (C=O) groups is 12. The minimum absolute atomic E-state index is 0.0396. The molecule has 17 N–H and O–H groups in total. The molecule has 0 unspecified atom stereocenters. The zero-order chi connectivity index (χ0) is 49.8. The molecule has 1 aliphatic heterocycles. The van der Waals surface area contributed by atoms with Gasteiger partial charge in [0.05, 0.1) is 18.6 Å². The third-order valence-electron chi connectivity index (χ3n) is 10.2. The van der Waals surface area contributed by atoms with Crippen LogP contribution < -0.4 is 54.8 Å². The van der Waals surface area contributed by atoms with Crippen LogP contribution in [0, 0.1) is 0 Å². The summed E-state index contributed by atoms with van der Waals surface area (Å²) in [6, 6.07) is -3.90. The van der Waals surface area contributed by atoms with Crippen molar-refractivity contribution in [3.63, 3.8) is 0 Å². The molecule has 26 nitrogen and oxygen atoms in total. The molecule has 26 heteroatoms. The van der Waals surface area contributed by atoms with Crippen molar-refractivity contribution < 1.29 is 72.9 Å². The molecule has 10 amide bonds. The number of nitrogens with one attached hydrogen (secondary N) is 6. The highest BCUT2D eigenvalue weighted by Gasteiger charge is 2.39. The summed E-state index contributed by atoms with van der Waals surface area (Å²) in [5.41, 5.74) is 22.6. The van der Waals surface area contributed by atoms with E-state index in [2.05, 4.69) is 31.9 Å². The second kappa shape index (κ2) is 26.5. The van der Waals surface area contributed by atoms with Crippen LogP contribution in [0.15, 0.2) is 30.3 Å². The van der Waals surface area contributed by atoms with Gasteiger partial charge in [-0.1, -0.05) is 30.3 Å². The number of aliphatic carboxylic acids is 2. The van der Waals surface area contributed by atoms with E-state index in [4.69, 9.17) is 22.9 Å². The van der Waals surface area contributed by atoms with Gasteiger partial charge < -0.3 is 75.1 Å². The summed E-state index contributed by atoms with van der Waals surface area (Å²) in [5.74, 6) is -13.0. The Morgan fingerprint density at radius 2 is 1.14 bits per heavy atom. The lowest BCUT2D eigenvalue weighted by atomic mass is 10.0. The first-order valence-electron chi connectivity index (χ1n) is 20.8. The number of carboxylic acid groups (broad SMARTS) is 2. The van der Waals surface area contributed by atoms with Gasteiger partial charge in [-0.05, 0) is 57.9 Å². The second-order valence-corrected chi connectivity index (χ2v) is 15.6. The maximum absolute atomic E-state index is 13.7. The van der Waals surface area contributed by atoms with E-state index in [1.54, 1.807) is 30.3 Å². The highest BCUT2D eigenvalue weighted by atomic mass is 16.4. The predicted octanol–water partition coefficient (Wildman–Crippen LogP) is -5.79. The summed E-state index contributed by atoms with van der Waals surface area (Å²) < 4.78 is 0. The van der Waals surface area contributed by atoms with E-state index >= 15 is 0 Å². The first-order chi connectivity index (χ1) is 30.9. The van der Waals surface area contributed by atoms with Crippen molar-refractivity contribution >= 4 is 71.0 Å². The van der Waals surface area contributed by atoms with Crippen molar-refractivity contribution in [2.24, 2.45) is 22.9 Å². The van der Waals surface area contributed by atoms with Gasteiger partial charge in [-0.2, -0.15) is 0 Å². The van der Waals surface area contributed by atoms with Crippen LogP contribution in [0.25, 0.3) is 0 Å². The van der Waals surface area contributed by atoms with E-state index < -0.39 is 158 Å². The van der Waals surface area contributed by atoms with E-state index in [0.717, 1.165) is 18.7 Å². The maximum atomic E-state index is 13.7. The van der Waals surface area contributed by atoms with Gasteiger partial charge in [-0.15, -0.1) is 0 Å². The predicted molar refractivity (Wildman–Crippen MR) is 227 cm³/mol. The quantitative estimate of drug-likeness (QED) is 0.0372. The highest BCUT2D eigenvalue weighted by molar-refractivity contribution is 5.99. The molecule has 1 aromatic carbocycles. The summed E-state index contributed by atoms with van der Waals surface area (Å²) in [5, 5.41) is 42.9. The number of nitrogens with zero attached hydrogens (tertiary/aromatic N) is 1. The Balaban J connectivity index is 2.26. The van der Waals surface area contributed by atoms with Gasteiger partial charge in [-0.25, -0.2) is 4.79 Å². The van der Waals surface area contributed by atoms with Gasteiger partial charge >= 0.3 is 11.9 Å². The first kappa shape index (κ1) is 54.9. The number of nitrogens with two attached hydrogens (primary N) is 4. The molecule has 2 rings (SSSR count). The summed E-state index contributed by atoms with van der Waals surface area (Å²) in [4.78, 5) is 153. The van der Waals surface area contributed by atoms with Crippen LogP contribution in [-0.2, 0) is 64.0 Å². The Bertz CT molecular complexity index is 1970. The van der Waals surface area contributed by atoms with Crippen LogP contribution in [0.3, 0.4) is 0 Å². The molecular weight excluding hydrogens is 875 g/mol. The van der Waals surface area contributed by atoms with Crippen molar-refractivity contribution in [1.82, 2.24) is 36.8 Å². The van der Waals surface area contributed by atoms with Crippen molar-refractivity contribution in [1.29, 1.82) is 0 Å². The zero-order valence-electron chi connectivity index (χ0n) is 36.4. The van der Waals surface area contributed by atoms with Crippen LogP contribution in [0.2, 0.25) is 0 Å². The number of rotatable bonds is 28. The molecule has 364 valence electrons. The van der Waals surface area contributed by atoms with Crippen molar-refractivity contribution in [3.8, 4) is 0 Å². The Hall–Kier alpha value is -7.22. The SMILES string of the molecule is C[C@H](NC(=O)[C@@H](NC(=O)[C@H](CC(N)=O)NC(=O)[C@H](CCC(N)=O)NC(=O)[C@H](CCC(=O)O)NC(=O)[C@@H](N)Cc1ccccc1)[C@@H](C)O)C(=O)N[C@@H](CCC(N)=O)C(=O)N1CCC[C@H]1C(=O)O. The number of primary amides is 3. The molecule has 9 atom stereocenters. The fourth-order valence-corrected chi connectivity index (χ4v) is 6.64. The molecule has 66 heavy (non-hydrogen) atoms. The van der Waals surface area contributed by atoms with Crippen molar-refractivity contribution in [2.75, 3.05) is 6.54 Å². The summed E-state index contributed by atoms with van der Waals surface area (Å²) in [6.45, 7) is 2.28. The summed E-state index contributed by atoms with van der Waals surface area (Å²) >= 11 is 0.